The van der Waals surface area contributed by atoms with Crippen LogP contribution in [-0.4, -0.2) is 24.5 Å². The minimum Gasteiger partial charge on any atom is -0.299 e. The van der Waals surface area contributed by atoms with Crippen LogP contribution in [0, 0.1) is 12.8 Å². The molecule has 2 aliphatic rings. The van der Waals surface area contributed by atoms with Crippen LogP contribution in [0.1, 0.15) is 30.4 Å². The molecule has 0 spiro atoms. The molecule has 4 rings (SSSR count). The van der Waals surface area contributed by atoms with Gasteiger partial charge in [0.15, 0.2) is 0 Å². The van der Waals surface area contributed by atoms with Crippen molar-refractivity contribution >= 4 is 21.4 Å². The third-order valence-corrected chi connectivity index (χ3v) is 7.15. The molecule has 0 N–H and O–H groups in total. The van der Waals surface area contributed by atoms with E-state index in [1.807, 2.05) is 49.4 Å². The lowest BCUT2D eigenvalue weighted by Crippen LogP contribution is -2.45. The molecule has 2 aromatic carbocycles. The fourth-order valence-electron chi connectivity index (χ4n) is 3.87. The standard InChI is InChI=1S/C21H21NO3S/c1-15-7-10-18(11-8-15)26(24,25)22-14-20(16-5-3-2-4-6-16)19-13-17(22)9-12-21(19)23/h2-8,10-11,14,17,19H,9,12-13H2,1H3/t17-,19+/m0/s1. The second-order valence-electron chi connectivity index (χ2n) is 7.05. The minimum absolute atomic E-state index is 0.156. The molecule has 1 heterocycles. The summed E-state index contributed by atoms with van der Waals surface area (Å²) in [5.41, 5.74) is 2.74. The number of Topliss-reactive ketones (excluding diaryl/α,β-unsaturated/α-hetero) is 1. The van der Waals surface area contributed by atoms with Gasteiger partial charge in [0.25, 0.3) is 10.0 Å². The molecule has 1 aliphatic heterocycles. The number of carbonyl (C=O) groups excluding carboxylic acids is 1. The van der Waals surface area contributed by atoms with E-state index >= 15 is 0 Å². The van der Waals surface area contributed by atoms with Gasteiger partial charge < -0.3 is 0 Å². The SMILES string of the molecule is Cc1ccc(S(=O)(=O)N2C=C(c3ccccc3)[C@H]3C[C@@H]2CCC3=O)cc1. The number of benzene rings is 2. The Hall–Kier alpha value is -2.40. The molecular weight excluding hydrogens is 346 g/mol. The van der Waals surface area contributed by atoms with Crippen LogP contribution < -0.4 is 0 Å². The number of carbonyl (C=O) groups is 1. The highest BCUT2D eigenvalue weighted by Crippen LogP contribution is 2.41. The number of sulfonamides is 1. The zero-order valence-corrected chi connectivity index (χ0v) is 15.4. The predicted octanol–water partition coefficient (Wildman–Crippen LogP) is 3.78. The average Bonchev–Trinajstić information content (AvgIpc) is 2.66. The Morgan fingerprint density at radius 2 is 1.69 bits per heavy atom. The van der Waals surface area contributed by atoms with Crippen LogP contribution in [0.3, 0.4) is 0 Å². The second kappa shape index (κ2) is 6.40. The van der Waals surface area contributed by atoms with Gasteiger partial charge in [0.1, 0.15) is 5.78 Å². The molecule has 0 aromatic heterocycles. The molecule has 1 saturated carbocycles. The molecule has 1 aliphatic carbocycles. The van der Waals surface area contributed by atoms with Crippen molar-refractivity contribution in [3.63, 3.8) is 0 Å². The second-order valence-corrected chi connectivity index (χ2v) is 8.89. The van der Waals surface area contributed by atoms with E-state index in [0.717, 1.165) is 16.7 Å². The van der Waals surface area contributed by atoms with E-state index in [4.69, 9.17) is 0 Å². The molecule has 2 aromatic rings. The summed E-state index contributed by atoms with van der Waals surface area (Å²) in [6.45, 7) is 1.93. The Morgan fingerprint density at radius 3 is 2.38 bits per heavy atom. The molecule has 4 nitrogen and oxygen atoms in total. The largest absolute Gasteiger partial charge is 0.299 e. The monoisotopic (exact) mass is 367 g/mol. The van der Waals surface area contributed by atoms with Crippen LogP contribution >= 0.6 is 0 Å². The van der Waals surface area contributed by atoms with Crippen LogP contribution in [0.2, 0.25) is 0 Å². The third-order valence-electron chi connectivity index (χ3n) is 5.33. The van der Waals surface area contributed by atoms with Crippen LogP contribution in [0.15, 0.2) is 65.7 Å². The van der Waals surface area contributed by atoms with Gasteiger partial charge in [-0.25, -0.2) is 8.42 Å². The Kier molecular flexibility index (Phi) is 4.19. The van der Waals surface area contributed by atoms with E-state index in [2.05, 4.69) is 0 Å². The molecule has 2 atom stereocenters. The molecule has 0 radical (unpaired) electrons. The maximum atomic E-state index is 13.3. The first-order valence-corrected chi connectivity index (χ1v) is 10.3. The van der Waals surface area contributed by atoms with E-state index in [-0.39, 0.29) is 17.7 Å². The summed E-state index contributed by atoms with van der Waals surface area (Å²) in [7, 11) is -3.64. The quantitative estimate of drug-likeness (QED) is 0.830. The van der Waals surface area contributed by atoms with E-state index in [1.165, 1.54) is 4.31 Å². The van der Waals surface area contributed by atoms with Crippen molar-refractivity contribution in [1.29, 1.82) is 0 Å². The zero-order valence-electron chi connectivity index (χ0n) is 14.6. The highest BCUT2D eigenvalue weighted by molar-refractivity contribution is 7.89. The summed E-state index contributed by atoms with van der Waals surface area (Å²) < 4.78 is 28.0. The highest BCUT2D eigenvalue weighted by atomic mass is 32.2. The van der Waals surface area contributed by atoms with Crippen molar-refractivity contribution < 1.29 is 13.2 Å². The van der Waals surface area contributed by atoms with Gasteiger partial charge in [0.05, 0.1) is 4.90 Å². The maximum absolute atomic E-state index is 13.3. The van der Waals surface area contributed by atoms with Gasteiger partial charge in [-0.05, 0) is 43.0 Å². The summed E-state index contributed by atoms with van der Waals surface area (Å²) in [6.07, 6.45) is 3.27. The Morgan fingerprint density at radius 1 is 1.00 bits per heavy atom. The first-order chi connectivity index (χ1) is 12.5. The fourth-order valence-corrected chi connectivity index (χ4v) is 5.43. The summed E-state index contributed by atoms with van der Waals surface area (Å²) in [4.78, 5) is 12.7. The van der Waals surface area contributed by atoms with Gasteiger partial charge in [-0.1, -0.05) is 48.0 Å². The van der Waals surface area contributed by atoms with Gasteiger partial charge in [-0.2, -0.15) is 0 Å². The lowest BCUT2D eigenvalue weighted by atomic mass is 9.76. The van der Waals surface area contributed by atoms with Crippen molar-refractivity contribution in [3.05, 3.63) is 71.9 Å². The zero-order chi connectivity index (χ0) is 18.3. The van der Waals surface area contributed by atoms with Gasteiger partial charge in [-0.15, -0.1) is 0 Å². The van der Waals surface area contributed by atoms with E-state index in [1.54, 1.807) is 18.3 Å². The molecule has 134 valence electrons. The van der Waals surface area contributed by atoms with Crippen molar-refractivity contribution in [2.45, 2.75) is 37.1 Å². The van der Waals surface area contributed by atoms with Crippen molar-refractivity contribution in [1.82, 2.24) is 4.31 Å². The first kappa shape index (κ1) is 17.0. The minimum atomic E-state index is -3.64. The number of ketones is 1. The van der Waals surface area contributed by atoms with Crippen molar-refractivity contribution in [2.75, 3.05) is 0 Å². The smallest absolute Gasteiger partial charge is 0.264 e. The normalized spacial score (nSPS) is 22.9. The van der Waals surface area contributed by atoms with Crippen molar-refractivity contribution in [2.24, 2.45) is 5.92 Å². The lowest BCUT2D eigenvalue weighted by Gasteiger charge is -2.41. The number of aryl methyl sites for hydroxylation is 1. The maximum Gasteiger partial charge on any atom is 0.264 e. The molecule has 5 heteroatoms. The Bertz CT molecular complexity index is 962. The number of hydrogen-bond acceptors (Lipinski definition) is 3. The van der Waals surface area contributed by atoms with Crippen LogP contribution in [0.5, 0.6) is 0 Å². The summed E-state index contributed by atoms with van der Waals surface area (Å²) in [6, 6.07) is 16.4. The molecule has 0 amide bonds. The van der Waals surface area contributed by atoms with Gasteiger partial charge >= 0.3 is 0 Å². The molecule has 26 heavy (non-hydrogen) atoms. The molecule has 0 unspecified atom stereocenters. The van der Waals surface area contributed by atoms with Crippen LogP contribution in [0.4, 0.5) is 0 Å². The number of hydrogen-bond donors (Lipinski definition) is 0. The summed E-state index contributed by atoms with van der Waals surface area (Å²) >= 11 is 0. The van der Waals surface area contributed by atoms with Gasteiger partial charge in [0, 0.05) is 24.6 Å². The van der Waals surface area contributed by atoms with Gasteiger partial charge in [0.2, 0.25) is 0 Å². The van der Waals surface area contributed by atoms with Crippen LogP contribution in [0.25, 0.3) is 5.57 Å². The van der Waals surface area contributed by atoms with Crippen molar-refractivity contribution in [3.8, 4) is 0 Å². The third kappa shape index (κ3) is 2.86. The predicted molar refractivity (Wildman–Crippen MR) is 101 cm³/mol. The Balaban J connectivity index is 1.82. The van der Waals surface area contributed by atoms with Gasteiger partial charge in [-0.3, -0.25) is 9.10 Å². The van der Waals surface area contributed by atoms with E-state index < -0.39 is 10.0 Å². The summed E-state index contributed by atoms with van der Waals surface area (Å²) in [5, 5.41) is 0. The fraction of sp³-hybridized carbons (Fsp3) is 0.286. The number of fused-ring (bicyclic) bond motifs is 2. The lowest BCUT2D eigenvalue weighted by molar-refractivity contribution is -0.123. The van der Waals surface area contributed by atoms with E-state index in [9.17, 15) is 13.2 Å². The highest BCUT2D eigenvalue weighted by Gasteiger charge is 2.42. The number of allylic oxidation sites excluding steroid dienone is 1. The molecule has 0 saturated heterocycles. The first-order valence-electron chi connectivity index (χ1n) is 8.87. The number of rotatable bonds is 3. The van der Waals surface area contributed by atoms with Crippen LogP contribution in [-0.2, 0) is 14.8 Å². The average molecular weight is 367 g/mol. The molecular formula is C21H21NO3S. The van der Waals surface area contributed by atoms with E-state index in [0.29, 0.717) is 24.2 Å². The topological polar surface area (TPSA) is 54.5 Å². The number of nitrogens with zero attached hydrogens (tertiary/aromatic N) is 1. The summed E-state index contributed by atoms with van der Waals surface area (Å²) in [5.74, 6) is 0.00403. The molecule has 1 fully saturated rings. The molecule has 2 bridgehead atoms. The Labute approximate surface area is 154 Å².